The molecule has 0 aliphatic rings. The number of hydrogen-bond donors (Lipinski definition) is 2. The van der Waals surface area contributed by atoms with Crippen LogP contribution in [0.1, 0.15) is 20.8 Å². The highest BCUT2D eigenvalue weighted by atomic mass is 35.5. The normalized spacial score (nSPS) is 11.9. The Kier molecular flexibility index (Phi) is 7.55. The number of hydrogen-bond acceptors (Lipinski definition) is 6. The number of sulfonamides is 1. The summed E-state index contributed by atoms with van der Waals surface area (Å²) in [6, 6.07) is 14.9. The Hall–Kier alpha value is -2.46. The third kappa shape index (κ3) is 6.29. The minimum atomic E-state index is -3.81. The largest absolute Gasteiger partial charge is 0.448 e. The Balaban J connectivity index is 2.01. The number of benzene rings is 2. The lowest BCUT2D eigenvalue weighted by Crippen LogP contribution is -2.40. The van der Waals surface area contributed by atoms with E-state index >= 15 is 0 Å². The van der Waals surface area contributed by atoms with Gasteiger partial charge < -0.3 is 4.74 Å². The van der Waals surface area contributed by atoms with Crippen molar-refractivity contribution >= 4 is 44.7 Å². The molecule has 0 aliphatic heterocycles. The molecule has 3 aromatic rings. The summed E-state index contributed by atoms with van der Waals surface area (Å²) in [4.78, 5) is 16.9. The highest BCUT2D eigenvalue weighted by molar-refractivity contribution is 7.89. The van der Waals surface area contributed by atoms with Gasteiger partial charge in [0, 0.05) is 22.0 Å². The predicted octanol–water partition coefficient (Wildman–Crippen LogP) is 5.14. The van der Waals surface area contributed by atoms with Crippen molar-refractivity contribution in [1.29, 1.82) is 0 Å². The van der Waals surface area contributed by atoms with Crippen LogP contribution < -0.4 is 10.0 Å². The number of ether oxygens (including phenoxy) is 1. The predicted molar refractivity (Wildman–Crippen MR) is 128 cm³/mol. The SMILES string of the molecule is CC(C)(C)NS(=O)(=O)c1ccc(-c2csc(-c3cc[c]cc3)n2)c(NC(=O)OCCCl)c1. The number of anilines is 1. The van der Waals surface area contributed by atoms with Crippen molar-refractivity contribution in [3.63, 3.8) is 0 Å². The fraction of sp³-hybridized carbons (Fsp3) is 0.273. The minimum absolute atomic E-state index is 0.0119. The van der Waals surface area contributed by atoms with Crippen LogP contribution in [0.3, 0.4) is 0 Å². The molecule has 32 heavy (non-hydrogen) atoms. The van der Waals surface area contributed by atoms with Crippen molar-refractivity contribution in [3.8, 4) is 21.8 Å². The molecule has 0 bridgehead atoms. The summed E-state index contributed by atoms with van der Waals surface area (Å²) in [5, 5.41) is 5.25. The van der Waals surface area contributed by atoms with Gasteiger partial charge in [-0.05, 0) is 45.0 Å². The molecule has 0 spiro atoms. The molecule has 0 unspecified atom stereocenters. The van der Waals surface area contributed by atoms with E-state index in [1.54, 1.807) is 39.0 Å². The average Bonchev–Trinajstić information content (AvgIpc) is 3.21. The van der Waals surface area contributed by atoms with E-state index in [4.69, 9.17) is 16.3 Å². The van der Waals surface area contributed by atoms with Crippen LogP contribution in [0.15, 0.2) is 52.7 Å². The topological polar surface area (TPSA) is 97.4 Å². The van der Waals surface area contributed by atoms with Crippen molar-refractivity contribution in [2.45, 2.75) is 31.2 Å². The number of nitrogens with one attached hydrogen (secondary N) is 2. The van der Waals surface area contributed by atoms with Gasteiger partial charge in [0.1, 0.15) is 11.6 Å². The van der Waals surface area contributed by atoms with Crippen LogP contribution in [0, 0.1) is 6.07 Å². The molecule has 169 valence electrons. The molecule has 2 aromatic carbocycles. The van der Waals surface area contributed by atoms with Crippen LogP contribution in [-0.4, -0.2) is 37.5 Å². The smallest absolute Gasteiger partial charge is 0.411 e. The van der Waals surface area contributed by atoms with Crippen molar-refractivity contribution in [3.05, 3.63) is 53.9 Å². The van der Waals surface area contributed by atoms with Gasteiger partial charge in [0.05, 0.1) is 22.2 Å². The van der Waals surface area contributed by atoms with E-state index in [0.717, 1.165) is 10.6 Å². The fourth-order valence-corrected chi connectivity index (χ4v) is 5.16. The number of aromatic nitrogens is 1. The molecule has 0 saturated carbocycles. The molecular weight excluding hydrogens is 470 g/mol. The summed E-state index contributed by atoms with van der Waals surface area (Å²) in [7, 11) is -3.81. The first kappa shape index (κ1) is 24.2. The van der Waals surface area contributed by atoms with E-state index in [1.807, 2.05) is 17.5 Å². The van der Waals surface area contributed by atoms with E-state index in [9.17, 15) is 13.2 Å². The number of thiazole rings is 1. The molecule has 7 nitrogen and oxygen atoms in total. The monoisotopic (exact) mass is 492 g/mol. The van der Waals surface area contributed by atoms with Crippen LogP contribution in [-0.2, 0) is 14.8 Å². The Morgan fingerprint density at radius 1 is 1.22 bits per heavy atom. The van der Waals surface area contributed by atoms with Gasteiger partial charge in [0.15, 0.2) is 0 Å². The van der Waals surface area contributed by atoms with Gasteiger partial charge in [-0.3, -0.25) is 5.32 Å². The molecular formula is C22H23ClN3O4S2. The maximum atomic E-state index is 12.8. The van der Waals surface area contributed by atoms with E-state index in [0.29, 0.717) is 11.3 Å². The Morgan fingerprint density at radius 3 is 2.59 bits per heavy atom. The summed E-state index contributed by atoms with van der Waals surface area (Å²) in [6.07, 6.45) is -0.737. The zero-order valence-electron chi connectivity index (χ0n) is 17.8. The van der Waals surface area contributed by atoms with E-state index in [1.165, 1.54) is 23.5 Å². The lowest BCUT2D eigenvalue weighted by atomic mass is 10.1. The first-order valence-corrected chi connectivity index (χ1v) is 12.6. The first-order chi connectivity index (χ1) is 15.1. The van der Waals surface area contributed by atoms with Gasteiger partial charge in [0.25, 0.3) is 0 Å². The van der Waals surface area contributed by atoms with Crippen LogP contribution in [0.5, 0.6) is 0 Å². The van der Waals surface area contributed by atoms with Gasteiger partial charge in [-0.25, -0.2) is 22.9 Å². The van der Waals surface area contributed by atoms with Crippen molar-refractivity contribution in [1.82, 2.24) is 9.71 Å². The number of carbonyl (C=O) groups excluding carboxylic acids is 1. The highest BCUT2D eigenvalue weighted by Gasteiger charge is 2.24. The van der Waals surface area contributed by atoms with Gasteiger partial charge in [-0.15, -0.1) is 22.9 Å². The summed E-state index contributed by atoms with van der Waals surface area (Å²) >= 11 is 7.02. The van der Waals surface area contributed by atoms with Crippen molar-refractivity contribution in [2.75, 3.05) is 17.8 Å². The standard InChI is InChI=1S/C22H23ClN3O4S2/c1-22(2,3)26-32(28,29)16-9-10-17(18(13-16)25-21(27)30-12-11-23)19-14-31-20(24-19)15-7-5-4-6-8-15/h5-10,13-14,26H,11-12H2,1-3H3,(H,25,27). The number of amides is 1. The third-order valence-corrected chi connectivity index (χ3v) is 6.84. The molecule has 1 amide bonds. The summed E-state index contributed by atoms with van der Waals surface area (Å²) < 4.78 is 33.2. The molecule has 0 aliphatic carbocycles. The quantitative estimate of drug-likeness (QED) is 0.445. The zero-order chi connectivity index (χ0) is 23.4. The van der Waals surface area contributed by atoms with Gasteiger partial charge >= 0.3 is 6.09 Å². The van der Waals surface area contributed by atoms with Crippen molar-refractivity contribution in [2.24, 2.45) is 0 Å². The number of rotatable bonds is 7. The van der Waals surface area contributed by atoms with Gasteiger partial charge in [-0.1, -0.05) is 24.3 Å². The van der Waals surface area contributed by atoms with Gasteiger partial charge in [0.2, 0.25) is 10.0 Å². The van der Waals surface area contributed by atoms with Crippen LogP contribution in [0.25, 0.3) is 21.8 Å². The van der Waals surface area contributed by atoms with Crippen LogP contribution >= 0.6 is 22.9 Å². The Bertz CT molecular complexity index is 1190. The summed E-state index contributed by atoms with van der Waals surface area (Å²) in [6.45, 7) is 5.28. The molecule has 2 N–H and O–H groups in total. The summed E-state index contributed by atoms with van der Waals surface area (Å²) in [5.74, 6) is 0.147. The number of nitrogens with zero attached hydrogens (tertiary/aromatic N) is 1. The second-order valence-corrected chi connectivity index (χ2v) is 10.8. The number of halogens is 1. The molecule has 3 rings (SSSR count). The maximum Gasteiger partial charge on any atom is 0.411 e. The lowest BCUT2D eigenvalue weighted by molar-refractivity contribution is 0.168. The fourth-order valence-electron chi connectivity index (χ4n) is 2.82. The molecule has 1 radical (unpaired) electrons. The molecule has 0 atom stereocenters. The molecule has 0 saturated heterocycles. The molecule has 10 heteroatoms. The van der Waals surface area contributed by atoms with E-state index in [-0.39, 0.29) is 23.1 Å². The maximum absolute atomic E-state index is 12.8. The molecule has 1 aromatic heterocycles. The Labute approximate surface area is 196 Å². The van der Waals surface area contributed by atoms with E-state index < -0.39 is 21.7 Å². The summed E-state index contributed by atoms with van der Waals surface area (Å²) in [5.41, 5.74) is 1.69. The van der Waals surface area contributed by atoms with Crippen molar-refractivity contribution < 1.29 is 17.9 Å². The van der Waals surface area contributed by atoms with E-state index in [2.05, 4.69) is 21.1 Å². The van der Waals surface area contributed by atoms with Gasteiger partial charge in [-0.2, -0.15) is 0 Å². The molecule has 1 heterocycles. The number of carbonyl (C=O) groups is 1. The van der Waals surface area contributed by atoms with Crippen LogP contribution in [0.2, 0.25) is 0 Å². The number of alkyl halides is 1. The Morgan fingerprint density at radius 2 is 1.94 bits per heavy atom. The second kappa shape index (κ2) is 9.99. The lowest BCUT2D eigenvalue weighted by Gasteiger charge is -2.21. The molecule has 0 fully saturated rings. The van der Waals surface area contributed by atoms with Crippen LogP contribution in [0.4, 0.5) is 10.5 Å². The average molecular weight is 493 g/mol. The minimum Gasteiger partial charge on any atom is -0.448 e. The second-order valence-electron chi connectivity index (χ2n) is 7.84. The zero-order valence-corrected chi connectivity index (χ0v) is 20.2. The third-order valence-electron chi connectivity index (χ3n) is 4.03. The first-order valence-electron chi connectivity index (χ1n) is 9.69. The highest BCUT2D eigenvalue weighted by Crippen LogP contribution is 2.34.